The molecule has 4 rings (SSSR count). The zero-order valence-electron chi connectivity index (χ0n) is 20.0. The summed E-state index contributed by atoms with van der Waals surface area (Å²) < 4.78 is 69.5. The molecule has 3 aromatic rings. The summed E-state index contributed by atoms with van der Waals surface area (Å²) in [6.45, 7) is 1.89. The van der Waals surface area contributed by atoms with Crippen molar-refractivity contribution in [2.45, 2.75) is 23.9 Å². The minimum absolute atomic E-state index is 0.129. The van der Waals surface area contributed by atoms with Crippen molar-refractivity contribution in [2.24, 2.45) is 5.92 Å². The maximum Gasteiger partial charge on any atom is 0.416 e. The maximum atomic E-state index is 12.6. The van der Waals surface area contributed by atoms with Crippen LogP contribution in [0.2, 0.25) is 0 Å². The van der Waals surface area contributed by atoms with E-state index >= 15 is 0 Å². The van der Waals surface area contributed by atoms with Crippen LogP contribution in [0.15, 0.2) is 64.2 Å². The molecule has 3 N–H and O–H groups in total. The van der Waals surface area contributed by atoms with Gasteiger partial charge in [0.15, 0.2) is 0 Å². The van der Waals surface area contributed by atoms with Crippen LogP contribution in [0.3, 0.4) is 0 Å². The highest BCUT2D eigenvalue weighted by Gasteiger charge is 2.30. The molecule has 0 spiro atoms. The molecule has 1 aromatic heterocycles. The van der Waals surface area contributed by atoms with Crippen LogP contribution in [0.25, 0.3) is 11.1 Å². The Labute approximate surface area is 218 Å². The second kappa shape index (κ2) is 13.0. The molecule has 1 amide bonds. The Balaban J connectivity index is 0.000000248. The van der Waals surface area contributed by atoms with Crippen LogP contribution < -0.4 is 15.4 Å². The zero-order valence-corrected chi connectivity index (χ0v) is 21.7. The van der Waals surface area contributed by atoms with E-state index in [1.165, 1.54) is 12.1 Å². The van der Waals surface area contributed by atoms with Gasteiger partial charge in [-0.2, -0.15) is 24.5 Å². The third-order valence-electron chi connectivity index (χ3n) is 5.72. The highest BCUT2D eigenvalue weighted by Crippen LogP contribution is 2.32. The van der Waals surface area contributed by atoms with E-state index in [-0.39, 0.29) is 10.6 Å². The maximum absolute atomic E-state index is 12.6. The molecule has 1 saturated heterocycles. The number of rotatable bonds is 8. The van der Waals surface area contributed by atoms with Gasteiger partial charge in [0, 0.05) is 43.7 Å². The average molecular weight is 556 g/mol. The van der Waals surface area contributed by atoms with Crippen LogP contribution in [0.5, 0.6) is 0 Å². The van der Waals surface area contributed by atoms with E-state index in [1.54, 1.807) is 30.5 Å². The molecule has 7 nitrogen and oxygen atoms in total. The fourth-order valence-corrected chi connectivity index (χ4v) is 5.48. The van der Waals surface area contributed by atoms with Gasteiger partial charge in [-0.1, -0.05) is 12.1 Å². The van der Waals surface area contributed by atoms with Crippen molar-refractivity contribution in [3.05, 3.63) is 64.9 Å². The number of carbonyl (C=O) groups is 1. The van der Waals surface area contributed by atoms with E-state index < -0.39 is 21.8 Å². The molecule has 2 aromatic carbocycles. The lowest BCUT2D eigenvalue weighted by Crippen LogP contribution is -2.32. The summed E-state index contributed by atoms with van der Waals surface area (Å²) in [5, 5.41) is 9.30. The average Bonchev–Trinajstić information content (AvgIpc) is 3.43. The molecule has 0 bridgehead atoms. The van der Waals surface area contributed by atoms with Gasteiger partial charge >= 0.3 is 6.18 Å². The lowest BCUT2D eigenvalue weighted by atomic mass is 10.0. The molecule has 0 saturated carbocycles. The van der Waals surface area contributed by atoms with Crippen molar-refractivity contribution in [1.82, 2.24) is 4.72 Å². The first-order valence-corrected chi connectivity index (χ1v) is 13.9. The molecular weight excluding hydrogens is 527 g/mol. The lowest BCUT2D eigenvalue weighted by molar-refractivity contribution is -0.137. The number of alkyl halides is 3. The van der Waals surface area contributed by atoms with Crippen molar-refractivity contribution in [3.8, 4) is 11.1 Å². The first kappa shape index (κ1) is 28.6. The summed E-state index contributed by atoms with van der Waals surface area (Å²) in [6, 6.07) is 11.7. The van der Waals surface area contributed by atoms with Gasteiger partial charge in [0.05, 0.1) is 10.5 Å². The van der Waals surface area contributed by atoms with Crippen molar-refractivity contribution >= 4 is 39.1 Å². The molecule has 200 valence electrons. The number of hydrogen-bond acceptors (Lipinski definition) is 6. The van der Waals surface area contributed by atoms with Crippen LogP contribution in [0, 0.1) is 5.92 Å². The number of amides is 1. The van der Waals surface area contributed by atoms with Crippen LogP contribution in [-0.2, 0) is 25.7 Å². The number of nitrogens with one attached hydrogen (secondary N) is 3. The first-order valence-electron chi connectivity index (χ1n) is 11.4. The first-order chi connectivity index (χ1) is 17.6. The van der Waals surface area contributed by atoms with Gasteiger partial charge in [-0.15, -0.1) is 0 Å². The molecule has 0 unspecified atom stereocenters. The third kappa shape index (κ3) is 8.29. The van der Waals surface area contributed by atoms with Crippen LogP contribution >= 0.6 is 11.3 Å². The molecule has 1 aliphatic rings. The smallest absolute Gasteiger partial charge is 0.388 e. The highest BCUT2D eigenvalue weighted by atomic mass is 32.2. The quantitative estimate of drug-likeness (QED) is 0.322. The summed E-state index contributed by atoms with van der Waals surface area (Å²) in [7, 11) is -1.70. The van der Waals surface area contributed by atoms with Gasteiger partial charge in [-0.25, -0.2) is 13.1 Å². The van der Waals surface area contributed by atoms with E-state index in [0.717, 1.165) is 41.8 Å². The fraction of sp³-hybridized carbons (Fsp3) is 0.320. The van der Waals surface area contributed by atoms with E-state index in [4.69, 9.17) is 4.74 Å². The Bertz CT molecular complexity index is 1260. The van der Waals surface area contributed by atoms with Gasteiger partial charge in [-0.05, 0) is 71.5 Å². The lowest BCUT2D eigenvalue weighted by Gasteiger charge is -2.22. The standard InChI is InChI=1S/C17H22N2O3S2.C8H6F3NO/c1-18-17-10-15(2-3-16(17)14-6-9-23-12-14)24(20,21)19-11-13-4-7-22-8-5-13;9-8(10,11)6-2-1-3-7(4-6)12-5-13/h2-3,6,9-10,12-13,18-19H,4-5,7-8,11H2,1H3;1-5H,(H,12,13). The Morgan fingerprint density at radius 3 is 2.49 bits per heavy atom. The number of ether oxygens (including phenoxy) is 1. The van der Waals surface area contributed by atoms with Crippen molar-refractivity contribution in [3.63, 3.8) is 0 Å². The van der Waals surface area contributed by atoms with Gasteiger partial charge < -0.3 is 15.4 Å². The largest absolute Gasteiger partial charge is 0.416 e. The summed E-state index contributed by atoms with van der Waals surface area (Å²) in [5.74, 6) is 0.349. The van der Waals surface area contributed by atoms with Crippen LogP contribution in [0.1, 0.15) is 18.4 Å². The van der Waals surface area contributed by atoms with E-state index in [1.807, 2.05) is 22.9 Å². The van der Waals surface area contributed by atoms with Crippen molar-refractivity contribution in [1.29, 1.82) is 0 Å². The van der Waals surface area contributed by atoms with E-state index in [0.29, 0.717) is 32.1 Å². The molecule has 0 radical (unpaired) electrons. The number of anilines is 2. The predicted octanol–water partition coefficient (Wildman–Crippen LogP) is 5.44. The van der Waals surface area contributed by atoms with Gasteiger partial charge in [0.2, 0.25) is 16.4 Å². The van der Waals surface area contributed by atoms with Gasteiger partial charge in [0.25, 0.3) is 0 Å². The van der Waals surface area contributed by atoms with Crippen LogP contribution in [0.4, 0.5) is 24.5 Å². The second-order valence-corrected chi connectivity index (χ2v) is 10.8. The zero-order chi connectivity index (χ0) is 26.9. The number of thiophene rings is 1. The summed E-state index contributed by atoms with van der Waals surface area (Å²) in [5.41, 5.74) is 2.25. The summed E-state index contributed by atoms with van der Waals surface area (Å²) in [4.78, 5) is 10.2. The summed E-state index contributed by atoms with van der Waals surface area (Å²) in [6.07, 6.45) is -2.24. The number of sulfonamides is 1. The van der Waals surface area contributed by atoms with Gasteiger partial charge in [-0.3, -0.25) is 4.79 Å². The van der Waals surface area contributed by atoms with E-state index in [9.17, 15) is 26.4 Å². The number of benzene rings is 2. The molecule has 2 heterocycles. The van der Waals surface area contributed by atoms with Gasteiger partial charge in [0.1, 0.15) is 0 Å². The molecule has 1 fully saturated rings. The topological polar surface area (TPSA) is 96.5 Å². The van der Waals surface area contributed by atoms with Crippen LogP contribution in [-0.4, -0.2) is 41.6 Å². The minimum Gasteiger partial charge on any atom is -0.388 e. The second-order valence-electron chi connectivity index (χ2n) is 8.22. The Morgan fingerprint density at radius 2 is 1.86 bits per heavy atom. The third-order valence-corrected chi connectivity index (χ3v) is 7.83. The normalized spacial score (nSPS) is 14.4. The predicted molar refractivity (Wildman–Crippen MR) is 139 cm³/mol. The molecular formula is C25H28F3N3O4S2. The van der Waals surface area contributed by atoms with Crippen molar-refractivity contribution < 1.29 is 31.1 Å². The summed E-state index contributed by atoms with van der Waals surface area (Å²) >= 11 is 1.62. The Hall–Kier alpha value is -2.93. The Kier molecular flexibility index (Phi) is 10.1. The monoisotopic (exact) mass is 555 g/mol. The molecule has 0 atom stereocenters. The molecule has 37 heavy (non-hydrogen) atoms. The Morgan fingerprint density at radius 1 is 1.11 bits per heavy atom. The SMILES string of the molecule is CNc1cc(S(=O)(=O)NCC2CCOCC2)ccc1-c1ccsc1.O=CNc1cccc(C(F)(F)F)c1. The van der Waals surface area contributed by atoms with Crippen molar-refractivity contribution in [2.75, 3.05) is 37.4 Å². The minimum atomic E-state index is -4.37. The number of carbonyl (C=O) groups excluding carboxylic acids is 1. The number of halogens is 3. The molecule has 12 heteroatoms. The fourth-order valence-electron chi connectivity index (χ4n) is 3.68. The molecule has 0 aliphatic carbocycles. The van der Waals surface area contributed by atoms with E-state index in [2.05, 4.69) is 15.4 Å². The highest BCUT2D eigenvalue weighted by molar-refractivity contribution is 7.89. The number of hydrogen-bond donors (Lipinski definition) is 3. The molecule has 1 aliphatic heterocycles.